The summed E-state index contributed by atoms with van der Waals surface area (Å²) >= 11 is 13.1. The van der Waals surface area contributed by atoms with Gasteiger partial charge in [0.05, 0.1) is 29.0 Å². The minimum atomic E-state index is -1.25. The van der Waals surface area contributed by atoms with Gasteiger partial charge in [-0.15, -0.1) is 0 Å². The van der Waals surface area contributed by atoms with E-state index < -0.39 is 17.4 Å². The van der Waals surface area contributed by atoms with Crippen LogP contribution < -0.4 is 10.1 Å². The van der Waals surface area contributed by atoms with Gasteiger partial charge >= 0.3 is 0 Å². The number of likely N-dealkylation sites (N-methyl/N-ethyl adjacent to an activating group) is 1. The van der Waals surface area contributed by atoms with Crippen LogP contribution in [0.15, 0.2) is 41.3 Å². The third kappa shape index (κ3) is 4.15. The molecule has 0 radical (unpaired) electrons. The molecule has 1 N–H and O–H groups in total. The lowest BCUT2D eigenvalue weighted by molar-refractivity contribution is -0.135. The Labute approximate surface area is 207 Å². The Bertz CT molecular complexity index is 1200. The summed E-state index contributed by atoms with van der Waals surface area (Å²) in [4.78, 5) is 35.6. The minimum Gasteiger partial charge on any atom is -0.493 e. The van der Waals surface area contributed by atoms with Gasteiger partial charge < -0.3 is 14.1 Å². The SMILES string of the molecule is CCC(C(=O)NC(=O)c1ccc(OC)c2occc12)(c1c(Cl)cncc1Cl)N1CCN(C)CC1. The molecule has 0 bridgehead atoms. The van der Waals surface area contributed by atoms with Crippen molar-refractivity contribution in [3.05, 3.63) is 58.0 Å². The van der Waals surface area contributed by atoms with Crippen molar-refractivity contribution in [1.82, 2.24) is 20.1 Å². The van der Waals surface area contributed by atoms with Crippen molar-refractivity contribution < 1.29 is 18.7 Å². The van der Waals surface area contributed by atoms with Crippen LogP contribution in [-0.2, 0) is 10.3 Å². The van der Waals surface area contributed by atoms with E-state index in [-0.39, 0.29) is 10.0 Å². The summed E-state index contributed by atoms with van der Waals surface area (Å²) in [5, 5.41) is 3.71. The maximum Gasteiger partial charge on any atom is 0.258 e. The summed E-state index contributed by atoms with van der Waals surface area (Å²) in [7, 11) is 3.55. The smallest absolute Gasteiger partial charge is 0.258 e. The zero-order valence-electron chi connectivity index (χ0n) is 19.2. The third-order valence-electron chi connectivity index (χ3n) is 6.47. The van der Waals surface area contributed by atoms with Gasteiger partial charge in [-0.2, -0.15) is 0 Å². The molecule has 0 saturated carbocycles. The molecule has 1 saturated heterocycles. The zero-order chi connectivity index (χ0) is 24.5. The number of ether oxygens (including phenoxy) is 1. The molecule has 1 aromatic carbocycles. The van der Waals surface area contributed by atoms with E-state index >= 15 is 0 Å². The lowest BCUT2D eigenvalue weighted by atomic mass is 9.83. The van der Waals surface area contributed by atoms with Crippen LogP contribution in [0, 0.1) is 0 Å². The number of piperazine rings is 1. The molecule has 1 fully saturated rings. The second kappa shape index (κ2) is 9.92. The van der Waals surface area contributed by atoms with E-state index in [9.17, 15) is 9.59 Å². The quantitative estimate of drug-likeness (QED) is 0.543. The molecule has 2 amide bonds. The Morgan fingerprint density at radius 1 is 1.15 bits per heavy atom. The van der Waals surface area contributed by atoms with E-state index in [0.29, 0.717) is 47.4 Å². The van der Waals surface area contributed by atoms with Gasteiger partial charge in [0.15, 0.2) is 11.3 Å². The fourth-order valence-electron chi connectivity index (χ4n) is 4.64. The van der Waals surface area contributed by atoms with Crippen LogP contribution in [0.5, 0.6) is 5.75 Å². The summed E-state index contributed by atoms with van der Waals surface area (Å²) < 4.78 is 10.8. The van der Waals surface area contributed by atoms with E-state index in [1.165, 1.54) is 25.8 Å². The molecule has 0 aliphatic carbocycles. The first-order valence-electron chi connectivity index (χ1n) is 11.0. The summed E-state index contributed by atoms with van der Waals surface area (Å²) in [6, 6.07) is 4.91. The van der Waals surface area contributed by atoms with E-state index in [4.69, 9.17) is 32.4 Å². The van der Waals surface area contributed by atoms with E-state index in [2.05, 4.69) is 15.2 Å². The number of carbonyl (C=O) groups excluding carboxylic acids is 2. The van der Waals surface area contributed by atoms with Crippen molar-refractivity contribution in [2.24, 2.45) is 0 Å². The molecule has 34 heavy (non-hydrogen) atoms. The molecule has 180 valence electrons. The number of furan rings is 1. The average molecular weight is 505 g/mol. The number of halogens is 2. The van der Waals surface area contributed by atoms with Gasteiger partial charge in [-0.1, -0.05) is 30.1 Å². The monoisotopic (exact) mass is 504 g/mol. The number of nitrogens with one attached hydrogen (secondary N) is 1. The predicted octanol–water partition coefficient (Wildman–Crippen LogP) is 3.95. The van der Waals surface area contributed by atoms with Crippen molar-refractivity contribution in [3.63, 3.8) is 0 Å². The molecule has 8 nitrogen and oxygen atoms in total. The maximum atomic E-state index is 14.0. The van der Waals surface area contributed by atoms with E-state index in [1.807, 2.05) is 18.9 Å². The van der Waals surface area contributed by atoms with Crippen LogP contribution in [0.1, 0.15) is 29.3 Å². The number of imide groups is 1. The van der Waals surface area contributed by atoms with Crippen molar-refractivity contribution in [2.45, 2.75) is 18.9 Å². The number of amides is 2. The molecule has 1 aliphatic rings. The highest BCUT2D eigenvalue weighted by Crippen LogP contribution is 2.41. The summed E-state index contributed by atoms with van der Waals surface area (Å²) in [5.41, 5.74) is -0.0704. The highest BCUT2D eigenvalue weighted by atomic mass is 35.5. The van der Waals surface area contributed by atoms with E-state index in [0.717, 1.165) is 13.1 Å². The number of benzene rings is 1. The third-order valence-corrected chi connectivity index (χ3v) is 7.04. The molecule has 10 heteroatoms. The number of hydrogen-bond acceptors (Lipinski definition) is 7. The summed E-state index contributed by atoms with van der Waals surface area (Å²) in [5.74, 6) is -0.544. The van der Waals surface area contributed by atoms with Crippen LogP contribution in [0.25, 0.3) is 11.0 Å². The molecule has 1 aliphatic heterocycles. The predicted molar refractivity (Wildman–Crippen MR) is 131 cm³/mol. The molecule has 3 heterocycles. The first kappa shape index (κ1) is 24.5. The standard InChI is InChI=1S/C24H26Cl2N4O4/c1-4-24(30-10-8-29(2)9-11-30,20-17(25)13-27-14-18(20)26)23(32)28-22(31)16-5-6-19(33-3)21-15(16)7-12-34-21/h5-7,12-14H,4,8-11H2,1-3H3,(H,28,31,32). The average Bonchev–Trinajstić information content (AvgIpc) is 3.31. The van der Waals surface area contributed by atoms with E-state index in [1.54, 1.807) is 18.2 Å². The van der Waals surface area contributed by atoms with Crippen molar-refractivity contribution in [3.8, 4) is 5.75 Å². The molecule has 2 aromatic heterocycles. The maximum absolute atomic E-state index is 14.0. The summed E-state index contributed by atoms with van der Waals surface area (Å²) in [6.07, 6.45) is 4.76. The van der Waals surface area contributed by atoms with Gasteiger partial charge in [0.1, 0.15) is 5.54 Å². The number of hydrogen-bond donors (Lipinski definition) is 1. The fourth-order valence-corrected chi connectivity index (χ4v) is 5.32. The molecular weight excluding hydrogens is 479 g/mol. The number of aromatic nitrogens is 1. The molecule has 0 spiro atoms. The number of carbonyl (C=O) groups is 2. The van der Waals surface area contributed by atoms with Crippen LogP contribution >= 0.6 is 23.2 Å². The number of fused-ring (bicyclic) bond motifs is 1. The largest absolute Gasteiger partial charge is 0.493 e. The topological polar surface area (TPSA) is 87.9 Å². The Balaban J connectivity index is 1.76. The lowest BCUT2D eigenvalue weighted by Crippen LogP contribution is -2.61. The second-order valence-corrected chi connectivity index (χ2v) is 9.06. The number of nitrogens with zero attached hydrogens (tertiary/aromatic N) is 3. The van der Waals surface area contributed by atoms with Gasteiger partial charge in [-0.3, -0.25) is 24.8 Å². The second-order valence-electron chi connectivity index (χ2n) is 8.24. The lowest BCUT2D eigenvalue weighted by Gasteiger charge is -2.46. The van der Waals surface area contributed by atoms with Gasteiger partial charge in [0.2, 0.25) is 0 Å². The number of methoxy groups -OCH3 is 1. The number of rotatable bonds is 6. The van der Waals surface area contributed by atoms with Crippen LogP contribution in [0.4, 0.5) is 0 Å². The van der Waals surface area contributed by atoms with Crippen molar-refractivity contribution in [1.29, 1.82) is 0 Å². The normalized spacial score (nSPS) is 16.9. The Morgan fingerprint density at radius 2 is 1.82 bits per heavy atom. The van der Waals surface area contributed by atoms with Gasteiger partial charge in [-0.25, -0.2) is 0 Å². The molecule has 3 aromatic rings. The minimum absolute atomic E-state index is 0.276. The Morgan fingerprint density at radius 3 is 2.44 bits per heavy atom. The molecule has 1 atom stereocenters. The first-order chi connectivity index (χ1) is 16.3. The Hall–Kier alpha value is -2.65. The molecule has 4 rings (SSSR count). The molecule has 1 unspecified atom stereocenters. The van der Waals surface area contributed by atoms with Crippen molar-refractivity contribution >= 4 is 46.0 Å². The van der Waals surface area contributed by atoms with Crippen molar-refractivity contribution in [2.75, 3.05) is 40.3 Å². The van der Waals surface area contributed by atoms with Crippen LogP contribution in [-0.4, -0.2) is 66.9 Å². The summed E-state index contributed by atoms with van der Waals surface area (Å²) in [6.45, 7) is 4.62. The van der Waals surface area contributed by atoms with Crippen LogP contribution in [0.3, 0.4) is 0 Å². The van der Waals surface area contributed by atoms with Gasteiger partial charge in [0.25, 0.3) is 11.8 Å². The van der Waals surface area contributed by atoms with Crippen LogP contribution in [0.2, 0.25) is 10.0 Å². The highest BCUT2D eigenvalue weighted by Gasteiger charge is 2.48. The number of pyridine rings is 1. The first-order valence-corrected chi connectivity index (χ1v) is 11.7. The van der Waals surface area contributed by atoms with Gasteiger partial charge in [0, 0.05) is 49.5 Å². The molecular formula is C24H26Cl2N4O4. The zero-order valence-corrected chi connectivity index (χ0v) is 20.7. The highest BCUT2D eigenvalue weighted by molar-refractivity contribution is 6.36. The Kier molecular flexibility index (Phi) is 7.14. The fraction of sp³-hybridized carbons (Fsp3) is 0.375. The van der Waals surface area contributed by atoms with Gasteiger partial charge in [-0.05, 0) is 31.7 Å².